The number of halogens is 4. The number of nitrogens with zero attached hydrogens (tertiary/aromatic N) is 2. The quantitative estimate of drug-likeness (QED) is 0.358. The number of rotatable bonds is 8. The largest absolute Gasteiger partial charge is 0.493 e. The van der Waals surface area contributed by atoms with Gasteiger partial charge in [0.25, 0.3) is 0 Å². The lowest BCUT2D eigenvalue weighted by atomic mass is 9.96. The fourth-order valence-electron chi connectivity index (χ4n) is 3.73. The van der Waals surface area contributed by atoms with E-state index in [9.17, 15) is 8.78 Å². The van der Waals surface area contributed by atoms with Crippen molar-refractivity contribution < 1.29 is 34.0 Å². The lowest BCUT2D eigenvalue weighted by Gasteiger charge is -2.40. The van der Waals surface area contributed by atoms with Crippen molar-refractivity contribution in [1.82, 2.24) is 9.80 Å². The molecule has 0 amide bonds. The van der Waals surface area contributed by atoms with Gasteiger partial charge < -0.3 is 14.2 Å². The van der Waals surface area contributed by atoms with E-state index in [1.54, 1.807) is 0 Å². The minimum atomic E-state index is -3.22. The zero-order chi connectivity index (χ0) is 31.3. The third-order valence-electron chi connectivity index (χ3n) is 5.35. The molecule has 0 spiro atoms. The summed E-state index contributed by atoms with van der Waals surface area (Å²) in [5.74, 6) is -0.761. The standard InChI is InChI=1S/C27H30F2N2O3.2ClH/c1-32-24-13-8-21(26(33-2)27(24)34-3)18-30-14-16-31(17-15-30)25(19-4-9-22(28)10-5-19)20-6-11-23(29)12-7-20;;/h4-13,25H,14-18H2,1-3H3;2*1H/i14D2,15D2,16D2,17D2;;. The molecule has 5 nitrogen and oxygen atoms in total. The lowest BCUT2D eigenvalue weighted by Crippen LogP contribution is -2.47. The van der Waals surface area contributed by atoms with Crippen LogP contribution in [0.15, 0.2) is 60.7 Å². The van der Waals surface area contributed by atoms with Gasteiger partial charge in [0.2, 0.25) is 5.75 Å². The average Bonchev–Trinajstić information content (AvgIpc) is 2.93. The summed E-state index contributed by atoms with van der Waals surface area (Å²) in [7, 11) is 4.06. The summed E-state index contributed by atoms with van der Waals surface area (Å²) in [5.41, 5.74) is 0.450. The topological polar surface area (TPSA) is 34.2 Å². The molecular weight excluding hydrogens is 509 g/mol. The number of piperazine rings is 1. The van der Waals surface area contributed by atoms with Crippen molar-refractivity contribution in [3.05, 3.63) is 89.0 Å². The summed E-state index contributed by atoms with van der Waals surface area (Å²) in [4.78, 5) is 0.926. The molecule has 36 heavy (non-hydrogen) atoms. The minimum Gasteiger partial charge on any atom is -0.493 e. The van der Waals surface area contributed by atoms with Crippen LogP contribution in [0.3, 0.4) is 0 Å². The molecule has 196 valence electrons. The third-order valence-corrected chi connectivity index (χ3v) is 5.35. The summed E-state index contributed by atoms with van der Waals surface area (Å²) in [6, 6.07) is 10.8. The Kier molecular flexibility index (Phi) is 7.40. The maximum absolute atomic E-state index is 13.9. The second-order valence-electron chi connectivity index (χ2n) is 7.40. The molecule has 0 radical (unpaired) electrons. The third kappa shape index (κ3) is 6.59. The van der Waals surface area contributed by atoms with E-state index in [-0.39, 0.29) is 58.8 Å². The van der Waals surface area contributed by atoms with Gasteiger partial charge in [-0.05, 0) is 41.5 Å². The van der Waals surface area contributed by atoms with E-state index in [1.165, 1.54) is 57.7 Å². The van der Waals surface area contributed by atoms with E-state index in [1.807, 2.05) is 0 Å². The Balaban J connectivity index is 0.00000337. The van der Waals surface area contributed by atoms with E-state index in [0.29, 0.717) is 9.80 Å². The van der Waals surface area contributed by atoms with Crippen molar-refractivity contribution in [2.24, 2.45) is 0 Å². The number of benzene rings is 3. The van der Waals surface area contributed by atoms with Crippen LogP contribution in [0.1, 0.15) is 33.7 Å². The zero-order valence-corrected chi connectivity index (χ0v) is 21.4. The summed E-state index contributed by atoms with van der Waals surface area (Å²) in [5, 5.41) is 0. The molecule has 3 aromatic carbocycles. The molecule has 9 heteroatoms. The van der Waals surface area contributed by atoms with E-state index in [2.05, 4.69) is 0 Å². The Hall–Kier alpha value is -2.58. The highest BCUT2D eigenvalue weighted by atomic mass is 35.5. The van der Waals surface area contributed by atoms with E-state index in [0.717, 1.165) is 24.3 Å². The minimum absolute atomic E-state index is 0. The molecule has 1 saturated heterocycles. The van der Waals surface area contributed by atoms with Crippen LogP contribution in [-0.4, -0.2) is 57.1 Å². The van der Waals surface area contributed by atoms with Crippen LogP contribution in [0.25, 0.3) is 0 Å². The van der Waals surface area contributed by atoms with Crippen molar-refractivity contribution in [2.45, 2.75) is 12.6 Å². The normalized spacial score (nSPS) is 22.9. The Morgan fingerprint density at radius 3 is 1.67 bits per heavy atom. The predicted octanol–water partition coefficient (Wildman–Crippen LogP) is 5.74. The molecule has 0 aliphatic carbocycles. The Morgan fingerprint density at radius 2 is 1.22 bits per heavy atom. The first-order valence-electron chi connectivity index (χ1n) is 14.4. The van der Waals surface area contributed by atoms with Crippen molar-refractivity contribution in [1.29, 1.82) is 0 Å². The van der Waals surface area contributed by atoms with Gasteiger partial charge in [-0.2, -0.15) is 0 Å². The predicted molar refractivity (Wildman–Crippen MR) is 142 cm³/mol. The van der Waals surface area contributed by atoms with Crippen LogP contribution >= 0.6 is 24.8 Å². The number of hydrogen-bond donors (Lipinski definition) is 0. The molecule has 0 N–H and O–H groups in total. The SMILES string of the molecule is Cl.Cl.[2H]C1([2H])N(Cc2ccc(OC)c(OC)c2OC)C([2H])([2H])C([2H])([2H])N(C(c2ccc(F)cc2)c2ccc(F)cc2)C1([2H])[2H]. The number of methoxy groups -OCH3 is 3. The fourth-order valence-corrected chi connectivity index (χ4v) is 3.73. The highest BCUT2D eigenvalue weighted by molar-refractivity contribution is 5.85. The average molecular weight is 550 g/mol. The first kappa shape index (κ1) is 19.5. The van der Waals surface area contributed by atoms with Gasteiger partial charge in [0.15, 0.2) is 11.5 Å². The number of hydrogen-bond acceptors (Lipinski definition) is 5. The molecule has 3 aromatic rings. The molecule has 0 aromatic heterocycles. The van der Waals surface area contributed by atoms with Gasteiger partial charge in [0.05, 0.1) is 27.4 Å². The summed E-state index contributed by atoms with van der Waals surface area (Å²) >= 11 is 0. The lowest BCUT2D eigenvalue weighted by molar-refractivity contribution is 0.104. The van der Waals surface area contributed by atoms with Crippen molar-refractivity contribution in [3.63, 3.8) is 0 Å². The molecule has 0 atom stereocenters. The fraction of sp³-hybridized carbons (Fsp3) is 0.333. The molecule has 1 aliphatic heterocycles. The number of ether oxygens (including phenoxy) is 3. The Labute approximate surface area is 235 Å². The summed E-state index contributed by atoms with van der Waals surface area (Å²) in [6.07, 6.45) is 0. The second kappa shape index (κ2) is 13.7. The van der Waals surface area contributed by atoms with Gasteiger partial charge >= 0.3 is 0 Å². The first-order valence-corrected chi connectivity index (χ1v) is 10.4. The zero-order valence-electron chi connectivity index (χ0n) is 27.7. The first-order chi connectivity index (χ1) is 19.6. The van der Waals surface area contributed by atoms with Crippen LogP contribution in [0.4, 0.5) is 8.78 Å². The maximum atomic E-state index is 13.9. The molecule has 1 fully saturated rings. The van der Waals surface area contributed by atoms with Crippen LogP contribution in [0, 0.1) is 11.6 Å². The molecule has 0 unspecified atom stereocenters. The molecule has 1 aliphatic rings. The van der Waals surface area contributed by atoms with Gasteiger partial charge in [0.1, 0.15) is 11.6 Å². The summed E-state index contributed by atoms with van der Waals surface area (Å²) < 4.78 is 116. The molecular formula is C27H32Cl2F2N2O3. The molecule has 0 bridgehead atoms. The second-order valence-corrected chi connectivity index (χ2v) is 7.40. The summed E-state index contributed by atoms with van der Waals surface area (Å²) in [6.45, 7) is -13.4. The highest BCUT2D eigenvalue weighted by Crippen LogP contribution is 2.40. The van der Waals surface area contributed by atoms with Crippen LogP contribution < -0.4 is 14.2 Å². The van der Waals surface area contributed by atoms with Crippen molar-refractivity contribution >= 4 is 24.8 Å². The van der Waals surface area contributed by atoms with E-state index >= 15 is 0 Å². The van der Waals surface area contributed by atoms with Crippen molar-refractivity contribution in [2.75, 3.05) is 47.3 Å². The van der Waals surface area contributed by atoms with Gasteiger partial charge in [-0.25, -0.2) is 8.78 Å². The van der Waals surface area contributed by atoms with Crippen LogP contribution in [-0.2, 0) is 6.54 Å². The van der Waals surface area contributed by atoms with Gasteiger partial charge in [-0.3, -0.25) is 9.80 Å². The van der Waals surface area contributed by atoms with Gasteiger partial charge in [-0.1, -0.05) is 30.3 Å². The Bertz CT molecular complexity index is 1360. The van der Waals surface area contributed by atoms with Gasteiger partial charge in [0, 0.05) is 49.1 Å². The monoisotopic (exact) mass is 548 g/mol. The molecule has 1 heterocycles. The van der Waals surface area contributed by atoms with Crippen molar-refractivity contribution in [3.8, 4) is 17.2 Å². The Morgan fingerprint density at radius 1 is 0.722 bits per heavy atom. The molecule has 4 rings (SSSR count). The van der Waals surface area contributed by atoms with E-state index in [4.69, 9.17) is 25.2 Å². The molecule has 0 saturated carbocycles. The smallest absolute Gasteiger partial charge is 0.203 e. The van der Waals surface area contributed by atoms with E-state index < -0.39 is 50.2 Å². The van der Waals surface area contributed by atoms with Crippen LogP contribution in [0.2, 0.25) is 0 Å². The maximum Gasteiger partial charge on any atom is 0.203 e. The van der Waals surface area contributed by atoms with Gasteiger partial charge in [-0.15, -0.1) is 24.8 Å². The highest BCUT2D eigenvalue weighted by Gasteiger charge is 2.27. The van der Waals surface area contributed by atoms with Crippen LogP contribution in [0.5, 0.6) is 17.2 Å².